The fourth-order valence-corrected chi connectivity index (χ4v) is 6.69. The molecule has 0 bridgehead atoms. The lowest BCUT2D eigenvalue weighted by atomic mass is 9.95. The van der Waals surface area contributed by atoms with Gasteiger partial charge in [-0.3, -0.25) is 9.69 Å². The average molecular weight is 555 g/mol. The van der Waals surface area contributed by atoms with Crippen LogP contribution >= 0.6 is 23.2 Å². The summed E-state index contributed by atoms with van der Waals surface area (Å²) >= 11 is 12.2. The zero-order valence-electron chi connectivity index (χ0n) is 20.0. The number of amides is 1. The van der Waals surface area contributed by atoms with Crippen molar-refractivity contribution >= 4 is 39.1 Å². The van der Waals surface area contributed by atoms with E-state index >= 15 is 4.39 Å². The lowest BCUT2D eigenvalue weighted by molar-refractivity contribution is 0.0583. The molecule has 1 amide bonds. The molecule has 0 spiro atoms. The molecular weight excluding hydrogens is 526 g/mol. The van der Waals surface area contributed by atoms with Crippen LogP contribution < -0.4 is 9.46 Å². The van der Waals surface area contributed by atoms with Gasteiger partial charge in [0.15, 0.2) is 0 Å². The Morgan fingerprint density at radius 2 is 1.78 bits per heavy atom. The number of nitrogens with zero attached hydrogens (tertiary/aromatic N) is 1. The van der Waals surface area contributed by atoms with E-state index in [0.29, 0.717) is 35.2 Å². The fourth-order valence-electron chi connectivity index (χ4n) is 4.89. The quantitative estimate of drug-likeness (QED) is 0.455. The van der Waals surface area contributed by atoms with E-state index in [1.807, 2.05) is 0 Å². The van der Waals surface area contributed by atoms with Gasteiger partial charge in [0.1, 0.15) is 17.7 Å². The molecule has 2 aromatic rings. The number of nitrogens with one attached hydrogen (secondary N) is 1. The van der Waals surface area contributed by atoms with Crippen molar-refractivity contribution in [3.63, 3.8) is 0 Å². The van der Waals surface area contributed by atoms with Crippen molar-refractivity contribution in [2.75, 3.05) is 6.54 Å². The summed E-state index contributed by atoms with van der Waals surface area (Å²) in [5.74, 6) is -0.661. The van der Waals surface area contributed by atoms with Gasteiger partial charge in [-0.05, 0) is 92.8 Å². The van der Waals surface area contributed by atoms with Gasteiger partial charge in [0, 0.05) is 29.2 Å². The molecule has 1 N–H and O–H groups in total. The Kier molecular flexibility index (Phi) is 7.24. The summed E-state index contributed by atoms with van der Waals surface area (Å²) in [5, 5.41) is 0.510. The molecule has 2 saturated carbocycles. The van der Waals surface area contributed by atoms with Gasteiger partial charge >= 0.3 is 0 Å². The largest absolute Gasteiger partial charge is 0.490 e. The summed E-state index contributed by atoms with van der Waals surface area (Å²) in [7, 11) is -3.74. The van der Waals surface area contributed by atoms with E-state index in [1.54, 1.807) is 24.3 Å². The van der Waals surface area contributed by atoms with Gasteiger partial charge in [0.2, 0.25) is 10.0 Å². The number of hydrogen-bond acceptors (Lipinski definition) is 5. The Hall–Kier alpha value is -1.87. The molecule has 3 fully saturated rings. The highest BCUT2D eigenvalue weighted by atomic mass is 35.5. The highest BCUT2D eigenvalue weighted by molar-refractivity contribution is 7.91. The molecule has 36 heavy (non-hydrogen) atoms. The van der Waals surface area contributed by atoms with Gasteiger partial charge in [-0.2, -0.15) is 0 Å². The molecule has 5 rings (SSSR count). The first kappa shape index (κ1) is 25.8. The second-order valence-corrected chi connectivity index (χ2v) is 13.0. The van der Waals surface area contributed by atoms with Crippen LogP contribution in [0, 0.1) is 5.82 Å². The van der Waals surface area contributed by atoms with E-state index in [2.05, 4.69) is 16.5 Å². The predicted molar refractivity (Wildman–Crippen MR) is 138 cm³/mol. The smallest absolute Gasteiger partial charge is 0.267 e. The maximum Gasteiger partial charge on any atom is 0.267 e. The SMILES string of the molecule is CC1C[C@H](Oc2cc(Cl)cc(Cl)c2)CCN1Cc1cc(F)c(C(=O)NS(=O)(=O)C2CC2)cc1C1CC1. The topological polar surface area (TPSA) is 75.7 Å². The van der Waals surface area contributed by atoms with E-state index in [0.717, 1.165) is 43.4 Å². The number of carbonyl (C=O) groups excluding carboxylic acids is 1. The van der Waals surface area contributed by atoms with Crippen LogP contribution in [0.3, 0.4) is 0 Å². The Bertz CT molecular complexity index is 1260. The standard InChI is InChI=1S/C26H29Cl2FN2O4S/c1-15-8-20(35-21-11-18(27)10-19(28)12-21)6-7-31(15)14-17-9-25(29)24(13-23(17)16-2-3-16)26(32)30-36(33,34)22-4-5-22/h9-13,15-16,20,22H,2-8,14H2,1H3,(H,30,32)/t15?,20-/m1/s1. The minimum atomic E-state index is -3.74. The monoisotopic (exact) mass is 554 g/mol. The van der Waals surface area contributed by atoms with E-state index in [-0.39, 0.29) is 23.6 Å². The minimum Gasteiger partial charge on any atom is -0.490 e. The molecule has 10 heteroatoms. The number of carbonyl (C=O) groups is 1. The summed E-state index contributed by atoms with van der Waals surface area (Å²) in [6.07, 6.45) is 4.64. The van der Waals surface area contributed by atoms with Crippen LogP contribution in [0.25, 0.3) is 0 Å². The molecule has 0 aromatic heterocycles. The Morgan fingerprint density at radius 1 is 1.08 bits per heavy atom. The lowest BCUT2D eigenvalue weighted by Gasteiger charge is -2.38. The normalized spacial score (nSPS) is 22.9. The van der Waals surface area contributed by atoms with Crippen molar-refractivity contribution in [3.8, 4) is 5.75 Å². The summed E-state index contributed by atoms with van der Waals surface area (Å²) < 4.78 is 47.6. The van der Waals surface area contributed by atoms with Gasteiger partial charge in [0.05, 0.1) is 10.8 Å². The molecule has 1 heterocycles. The van der Waals surface area contributed by atoms with Crippen LogP contribution in [0.2, 0.25) is 10.0 Å². The molecule has 3 aliphatic rings. The number of piperidine rings is 1. The number of ether oxygens (including phenoxy) is 1. The van der Waals surface area contributed by atoms with Crippen LogP contribution in [0.1, 0.15) is 72.9 Å². The minimum absolute atomic E-state index is 0.0184. The number of benzene rings is 2. The number of likely N-dealkylation sites (tertiary alicyclic amines) is 1. The van der Waals surface area contributed by atoms with Gasteiger partial charge < -0.3 is 4.74 Å². The third-order valence-corrected chi connectivity index (χ3v) is 9.42. The molecule has 2 aromatic carbocycles. The molecule has 1 aliphatic heterocycles. The zero-order valence-corrected chi connectivity index (χ0v) is 22.3. The zero-order chi connectivity index (χ0) is 25.6. The Labute approximate surface area is 221 Å². The molecule has 1 saturated heterocycles. The first-order chi connectivity index (χ1) is 17.1. The van der Waals surface area contributed by atoms with Crippen molar-refractivity contribution in [2.45, 2.75) is 75.3 Å². The number of sulfonamides is 1. The van der Waals surface area contributed by atoms with Gasteiger partial charge in [0.25, 0.3) is 5.91 Å². The summed E-state index contributed by atoms with van der Waals surface area (Å²) in [5.41, 5.74) is 1.58. The Morgan fingerprint density at radius 3 is 2.39 bits per heavy atom. The van der Waals surface area contributed by atoms with Crippen molar-refractivity contribution in [3.05, 3.63) is 62.9 Å². The van der Waals surface area contributed by atoms with E-state index in [4.69, 9.17) is 27.9 Å². The number of rotatable bonds is 8. The average Bonchev–Trinajstić information content (AvgIpc) is 3.67. The molecular formula is C26H29Cl2FN2O4S. The Balaban J connectivity index is 1.27. The van der Waals surface area contributed by atoms with E-state index < -0.39 is 27.0 Å². The third-order valence-electron chi connectivity index (χ3n) is 7.17. The van der Waals surface area contributed by atoms with Crippen LogP contribution in [0.15, 0.2) is 30.3 Å². The van der Waals surface area contributed by atoms with Gasteiger partial charge in [-0.25, -0.2) is 17.5 Å². The summed E-state index contributed by atoms with van der Waals surface area (Å²) in [6, 6.07) is 8.34. The van der Waals surface area contributed by atoms with E-state index in [1.165, 1.54) is 6.07 Å². The van der Waals surface area contributed by atoms with E-state index in [9.17, 15) is 13.2 Å². The van der Waals surface area contributed by atoms with Crippen LogP contribution in [-0.4, -0.2) is 43.2 Å². The van der Waals surface area contributed by atoms with Crippen LogP contribution in [-0.2, 0) is 16.6 Å². The maximum absolute atomic E-state index is 15.1. The van der Waals surface area contributed by atoms with Crippen molar-refractivity contribution in [1.82, 2.24) is 9.62 Å². The highest BCUT2D eigenvalue weighted by Crippen LogP contribution is 2.43. The van der Waals surface area contributed by atoms with Crippen molar-refractivity contribution < 1.29 is 22.3 Å². The predicted octanol–water partition coefficient (Wildman–Crippen LogP) is 5.66. The maximum atomic E-state index is 15.1. The lowest BCUT2D eigenvalue weighted by Crippen LogP contribution is -2.44. The van der Waals surface area contributed by atoms with Crippen LogP contribution in [0.5, 0.6) is 5.75 Å². The number of hydrogen-bond donors (Lipinski definition) is 1. The van der Waals surface area contributed by atoms with Crippen molar-refractivity contribution in [1.29, 1.82) is 0 Å². The molecule has 2 atom stereocenters. The second kappa shape index (κ2) is 10.1. The van der Waals surface area contributed by atoms with Crippen LogP contribution in [0.4, 0.5) is 4.39 Å². The highest BCUT2D eigenvalue weighted by Gasteiger charge is 2.38. The first-order valence-corrected chi connectivity index (χ1v) is 14.6. The fraction of sp³-hybridized carbons (Fsp3) is 0.500. The molecule has 0 radical (unpaired) electrons. The second-order valence-electron chi connectivity index (χ2n) is 10.2. The third kappa shape index (κ3) is 5.98. The summed E-state index contributed by atoms with van der Waals surface area (Å²) in [4.78, 5) is 14.9. The van der Waals surface area contributed by atoms with Crippen molar-refractivity contribution in [2.24, 2.45) is 0 Å². The first-order valence-electron chi connectivity index (χ1n) is 12.3. The molecule has 194 valence electrons. The molecule has 1 unspecified atom stereocenters. The molecule has 6 nitrogen and oxygen atoms in total. The molecule has 2 aliphatic carbocycles. The number of halogens is 3. The van der Waals surface area contributed by atoms with Gasteiger partial charge in [-0.15, -0.1) is 0 Å². The summed E-state index contributed by atoms with van der Waals surface area (Å²) in [6.45, 7) is 3.45. The van der Waals surface area contributed by atoms with Gasteiger partial charge in [-0.1, -0.05) is 23.2 Å².